The Morgan fingerprint density at radius 2 is 1.81 bits per heavy atom. The molecule has 7 nitrogen and oxygen atoms in total. The predicted octanol–water partition coefficient (Wildman–Crippen LogP) is 2.17. The largest absolute Gasteiger partial charge is 0.492 e. The molecule has 144 valence electrons. The van der Waals surface area contributed by atoms with Gasteiger partial charge in [-0.2, -0.15) is 4.31 Å². The van der Waals surface area contributed by atoms with Crippen molar-refractivity contribution in [3.63, 3.8) is 0 Å². The van der Waals surface area contributed by atoms with Gasteiger partial charge in [-0.25, -0.2) is 18.4 Å². The molecule has 1 spiro atoms. The van der Waals surface area contributed by atoms with Crippen molar-refractivity contribution in [2.24, 2.45) is 5.41 Å². The highest BCUT2D eigenvalue weighted by Gasteiger charge is 2.42. The predicted molar refractivity (Wildman–Crippen MR) is 102 cm³/mol. The lowest BCUT2D eigenvalue weighted by Crippen LogP contribution is -2.51. The van der Waals surface area contributed by atoms with E-state index in [4.69, 9.17) is 4.74 Å². The molecule has 0 saturated carbocycles. The monoisotopic (exact) mass is 388 g/mol. The van der Waals surface area contributed by atoms with Gasteiger partial charge in [0.15, 0.2) is 0 Å². The topological polar surface area (TPSA) is 75.6 Å². The van der Waals surface area contributed by atoms with Crippen LogP contribution in [0.3, 0.4) is 0 Å². The number of aromatic nitrogens is 2. The highest BCUT2D eigenvalue weighted by atomic mass is 32.2. The van der Waals surface area contributed by atoms with Crippen molar-refractivity contribution in [2.75, 3.05) is 37.7 Å². The Hall–Kier alpha value is -2.19. The van der Waals surface area contributed by atoms with Crippen molar-refractivity contribution in [1.29, 1.82) is 0 Å². The summed E-state index contributed by atoms with van der Waals surface area (Å²) in [6.07, 6.45) is 5.15. The minimum absolute atomic E-state index is 0.206. The molecule has 27 heavy (non-hydrogen) atoms. The molecule has 1 fully saturated rings. The van der Waals surface area contributed by atoms with Crippen LogP contribution in [0.1, 0.15) is 19.8 Å². The van der Waals surface area contributed by atoms with Crippen LogP contribution < -0.4 is 9.64 Å². The van der Waals surface area contributed by atoms with Gasteiger partial charge in [-0.15, -0.1) is 0 Å². The van der Waals surface area contributed by atoms with Gasteiger partial charge in [0.25, 0.3) is 0 Å². The first kappa shape index (κ1) is 18.2. The normalized spacial score (nSPS) is 21.7. The van der Waals surface area contributed by atoms with Crippen molar-refractivity contribution in [2.45, 2.75) is 24.7 Å². The minimum Gasteiger partial charge on any atom is -0.492 e. The first-order valence-corrected chi connectivity index (χ1v) is 10.7. The highest BCUT2D eigenvalue weighted by Crippen LogP contribution is 2.39. The number of piperidine rings is 1. The molecule has 8 heteroatoms. The average Bonchev–Trinajstić information content (AvgIpc) is 2.71. The molecule has 3 heterocycles. The second kappa shape index (κ2) is 7.09. The molecule has 0 atom stereocenters. The number of rotatable bonds is 2. The summed E-state index contributed by atoms with van der Waals surface area (Å²) in [7, 11) is -3.56. The lowest BCUT2D eigenvalue weighted by molar-refractivity contribution is 0.0829. The Bertz CT molecular complexity index is 896. The fraction of sp³-hybridized carbons (Fsp3) is 0.474. The summed E-state index contributed by atoms with van der Waals surface area (Å²) in [6, 6.07) is 8.73. The SMILES string of the molecule is CCN1CC2(CCN(c3ncccn3)CC2)COc2ccccc2S1(=O)=O. The zero-order valence-electron chi connectivity index (χ0n) is 15.4. The van der Waals surface area contributed by atoms with Crippen LogP contribution >= 0.6 is 0 Å². The van der Waals surface area contributed by atoms with E-state index in [0.717, 1.165) is 31.9 Å². The van der Waals surface area contributed by atoms with Crippen LogP contribution in [0.5, 0.6) is 5.75 Å². The van der Waals surface area contributed by atoms with E-state index >= 15 is 0 Å². The molecule has 1 aromatic heterocycles. The van der Waals surface area contributed by atoms with Crippen LogP contribution in [0, 0.1) is 5.41 Å². The lowest BCUT2D eigenvalue weighted by atomic mass is 9.79. The van der Waals surface area contributed by atoms with Crippen LogP contribution in [0.25, 0.3) is 0 Å². The average molecular weight is 388 g/mol. The Morgan fingerprint density at radius 3 is 2.52 bits per heavy atom. The van der Waals surface area contributed by atoms with Gasteiger partial charge in [0, 0.05) is 44.0 Å². The molecule has 0 amide bonds. The van der Waals surface area contributed by atoms with E-state index < -0.39 is 10.0 Å². The first-order chi connectivity index (χ1) is 13.0. The standard InChI is InChI=1S/C19H24N4O3S/c1-2-23-14-19(8-12-22(13-9-19)18-20-10-5-11-21-18)15-26-16-6-3-4-7-17(16)27(23,24)25/h3-7,10-11H,2,8-9,12-15H2,1H3. The fourth-order valence-electron chi connectivity index (χ4n) is 3.88. The van der Waals surface area contributed by atoms with E-state index in [1.54, 1.807) is 41.0 Å². The van der Waals surface area contributed by atoms with Gasteiger partial charge in [-0.1, -0.05) is 19.1 Å². The van der Waals surface area contributed by atoms with Gasteiger partial charge in [0.1, 0.15) is 10.6 Å². The lowest BCUT2D eigenvalue weighted by Gasteiger charge is -2.44. The number of hydrogen-bond donors (Lipinski definition) is 0. The molecule has 1 saturated heterocycles. The number of hydrogen-bond acceptors (Lipinski definition) is 6. The molecule has 0 N–H and O–H groups in total. The Morgan fingerprint density at radius 1 is 1.11 bits per heavy atom. The quantitative estimate of drug-likeness (QED) is 0.785. The summed E-state index contributed by atoms with van der Waals surface area (Å²) in [5.41, 5.74) is -0.206. The third-order valence-electron chi connectivity index (χ3n) is 5.52. The van der Waals surface area contributed by atoms with Crippen LogP contribution in [0.2, 0.25) is 0 Å². The molecular weight excluding hydrogens is 364 g/mol. The van der Waals surface area contributed by atoms with E-state index in [1.807, 2.05) is 13.0 Å². The number of anilines is 1. The fourth-order valence-corrected chi connectivity index (χ4v) is 5.57. The zero-order valence-corrected chi connectivity index (χ0v) is 16.2. The minimum atomic E-state index is -3.56. The van der Waals surface area contributed by atoms with Crippen molar-refractivity contribution < 1.29 is 13.2 Å². The van der Waals surface area contributed by atoms with E-state index in [9.17, 15) is 8.42 Å². The summed E-state index contributed by atoms with van der Waals surface area (Å²) < 4.78 is 33.9. The summed E-state index contributed by atoms with van der Waals surface area (Å²) in [5, 5.41) is 0. The molecule has 0 aliphatic carbocycles. The van der Waals surface area contributed by atoms with Crippen molar-refractivity contribution >= 4 is 16.0 Å². The third-order valence-corrected chi connectivity index (χ3v) is 7.48. The summed E-state index contributed by atoms with van der Waals surface area (Å²) in [6.45, 7) is 4.90. The van der Waals surface area contributed by atoms with E-state index in [0.29, 0.717) is 25.4 Å². The summed E-state index contributed by atoms with van der Waals surface area (Å²) >= 11 is 0. The van der Waals surface area contributed by atoms with Crippen LogP contribution in [0.4, 0.5) is 5.95 Å². The van der Waals surface area contributed by atoms with Gasteiger partial charge in [0.2, 0.25) is 16.0 Å². The number of para-hydroxylation sites is 1. The third kappa shape index (κ3) is 3.39. The van der Waals surface area contributed by atoms with Gasteiger partial charge in [-0.05, 0) is 31.0 Å². The Balaban J connectivity index is 1.60. The maximum Gasteiger partial charge on any atom is 0.246 e. The number of ether oxygens (including phenoxy) is 1. The number of benzene rings is 1. The molecule has 2 aliphatic heterocycles. The van der Waals surface area contributed by atoms with Crippen LogP contribution in [-0.4, -0.2) is 55.5 Å². The molecule has 2 aromatic rings. The molecular formula is C19H24N4O3S. The molecule has 4 rings (SSSR count). The van der Waals surface area contributed by atoms with Crippen molar-refractivity contribution in [3.8, 4) is 5.75 Å². The van der Waals surface area contributed by atoms with Gasteiger partial charge < -0.3 is 9.64 Å². The second-order valence-electron chi connectivity index (χ2n) is 7.20. The number of sulfonamides is 1. The van der Waals surface area contributed by atoms with Crippen molar-refractivity contribution in [1.82, 2.24) is 14.3 Å². The molecule has 0 unspecified atom stereocenters. The maximum absolute atomic E-state index is 13.1. The molecule has 0 bridgehead atoms. The zero-order chi connectivity index (χ0) is 18.9. The number of nitrogens with zero attached hydrogens (tertiary/aromatic N) is 4. The number of fused-ring (bicyclic) bond motifs is 1. The summed E-state index contributed by atoms with van der Waals surface area (Å²) in [5.74, 6) is 1.17. The van der Waals surface area contributed by atoms with Crippen LogP contribution in [-0.2, 0) is 10.0 Å². The van der Waals surface area contributed by atoms with E-state index in [1.165, 1.54) is 0 Å². The van der Waals surface area contributed by atoms with Gasteiger partial charge in [-0.3, -0.25) is 0 Å². The van der Waals surface area contributed by atoms with Crippen LogP contribution in [0.15, 0.2) is 47.6 Å². The molecule has 2 aliphatic rings. The Labute approximate surface area is 160 Å². The first-order valence-electron chi connectivity index (χ1n) is 9.28. The Kier molecular flexibility index (Phi) is 4.77. The van der Waals surface area contributed by atoms with Crippen molar-refractivity contribution in [3.05, 3.63) is 42.7 Å². The smallest absolute Gasteiger partial charge is 0.246 e. The van der Waals surface area contributed by atoms with E-state index in [-0.39, 0.29) is 10.3 Å². The van der Waals surface area contributed by atoms with Gasteiger partial charge in [0.05, 0.1) is 6.61 Å². The molecule has 0 radical (unpaired) electrons. The summed E-state index contributed by atoms with van der Waals surface area (Å²) in [4.78, 5) is 11.1. The second-order valence-corrected chi connectivity index (χ2v) is 9.11. The van der Waals surface area contributed by atoms with E-state index in [2.05, 4.69) is 14.9 Å². The van der Waals surface area contributed by atoms with Gasteiger partial charge >= 0.3 is 0 Å². The maximum atomic E-state index is 13.1. The highest BCUT2D eigenvalue weighted by molar-refractivity contribution is 7.89. The molecule has 1 aromatic carbocycles.